The van der Waals surface area contributed by atoms with Gasteiger partial charge >= 0.3 is 0 Å². The number of para-hydroxylation sites is 1. The third-order valence-corrected chi connectivity index (χ3v) is 5.21. The highest BCUT2D eigenvalue weighted by Crippen LogP contribution is 2.35. The molecule has 8 heteroatoms. The summed E-state index contributed by atoms with van der Waals surface area (Å²) in [5, 5.41) is 0.615. The Balaban J connectivity index is 1.66. The molecule has 0 unspecified atom stereocenters. The van der Waals surface area contributed by atoms with Gasteiger partial charge in [0.05, 0.1) is 40.3 Å². The summed E-state index contributed by atoms with van der Waals surface area (Å²) in [5.74, 6) is -0.0737. The van der Waals surface area contributed by atoms with Crippen LogP contribution < -0.4 is 10.2 Å². The molecular formula is C20H15BrClFO5. The van der Waals surface area contributed by atoms with E-state index in [0.29, 0.717) is 41.8 Å². The summed E-state index contributed by atoms with van der Waals surface area (Å²) in [6.45, 7) is 1.46. The third-order valence-electron chi connectivity index (χ3n) is 4.30. The van der Waals surface area contributed by atoms with E-state index in [0.717, 1.165) is 0 Å². The van der Waals surface area contributed by atoms with E-state index in [9.17, 15) is 9.18 Å². The molecule has 4 rings (SSSR count). The molecule has 1 saturated heterocycles. The SMILES string of the molecule is O=c1cc(-c2cc(OCCC3OCCO3)c(Br)cc2F)oc2c(Cl)cccc12. The normalized spacial score (nSPS) is 14.7. The van der Waals surface area contributed by atoms with Crippen LogP contribution in [0.15, 0.2) is 50.1 Å². The molecule has 1 aliphatic heterocycles. The fraction of sp³-hybridized carbons (Fsp3) is 0.250. The van der Waals surface area contributed by atoms with Gasteiger partial charge in [-0.05, 0) is 40.2 Å². The van der Waals surface area contributed by atoms with E-state index in [2.05, 4.69) is 15.9 Å². The second-order valence-electron chi connectivity index (χ2n) is 6.16. The van der Waals surface area contributed by atoms with Crippen LogP contribution in [0.2, 0.25) is 5.02 Å². The van der Waals surface area contributed by atoms with Crippen LogP contribution in [0.3, 0.4) is 0 Å². The molecular weight excluding hydrogens is 455 g/mol. The average Bonchev–Trinajstić information content (AvgIpc) is 3.18. The van der Waals surface area contributed by atoms with Gasteiger partial charge in [-0.1, -0.05) is 17.7 Å². The van der Waals surface area contributed by atoms with Crippen molar-refractivity contribution in [3.05, 3.63) is 61.9 Å². The van der Waals surface area contributed by atoms with Crippen LogP contribution >= 0.6 is 27.5 Å². The van der Waals surface area contributed by atoms with Crippen LogP contribution in [0.1, 0.15) is 6.42 Å². The molecule has 2 heterocycles. The van der Waals surface area contributed by atoms with E-state index in [1.807, 2.05) is 0 Å². The molecule has 1 aliphatic rings. The zero-order valence-electron chi connectivity index (χ0n) is 14.5. The second kappa shape index (κ2) is 8.21. The summed E-state index contributed by atoms with van der Waals surface area (Å²) < 4.78 is 37.2. The molecule has 1 fully saturated rings. The first-order chi connectivity index (χ1) is 13.5. The van der Waals surface area contributed by atoms with Crippen LogP contribution in [0.25, 0.3) is 22.3 Å². The quantitative estimate of drug-likeness (QED) is 0.517. The van der Waals surface area contributed by atoms with Crippen LogP contribution in [0.4, 0.5) is 4.39 Å². The maximum atomic E-state index is 14.6. The number of halogens is 3. The van der Waals surface area contributed by atoms with Crippen molar-refractivity contribution in [3.63, 3.8) is 0 Å². The van der Waals surface area contributed by atoms with Gasteiger partial charge in [-0.3, -0.25) is 4.79 Å². The fourth-order valence-electron chi connectivity index (χ4n) is 2.94. The van der Waals surface area contributed by atoms with Crippen LogP contribution in [0.5, 0.6) is 5.75 Å². The van der Waals surface area contributed by atoms with Crippen LogP contribution in [-0.4, -0.2) is 26.1 Å². The van der Waals surface area contributed by atoms with Crippen molar-refractivity contribution in [3.8, 4) is 17.1 Å². The summed E-state index contributed by atoms with van der Waals surface area (Å²) in [6.07, 6.45) is 0.249. The van der Waals surface area contributed by atoms with E-state index in [4.69, 9.17) is 30.2 Å². The van der Waals surface area contributed by atoms with Gasteiger partial charge in [0.15, 0.2) is 17.3 Å². The average molecular weight is 470 g/mol. The Morgan fingerprint density at radius 2 is 2.00 bits per heavy atom. The predicted molar refractivity (Wildman–Crippen MR) is 106 cm³/mol. The Morgan fingerprint density at radius 1 is 1.21 bits per heavy atom. The third kappa shape index (κ3) is 3.93. The minimum absolute atomic E-state index is 0.0721. The topological polar surface area (TPSA) is 57.9 Å². The Bertz CT molecular complexity index is 1080. The van der Waals surface area contributed by atoms with Crippen molar-refractivity contribution < 1.29 is 23.0 Å². The lowest BCUT2D eigenvalue weighted by Gasteiger charge is -2.13. The van der Waals surface area contributed by atoms with Crippen LogP contribution in [-0.2, 0) is 9.47 Å². The van der Waals surface area contributed by atoms with Gasteiger partial charge in [-0.25, -0.2) is 4.39 Å². The first kappa shape index (κ1) is 19.4. The largest absolute Gasteiger partial charge is 0.492 e. The van der Waals surface area contributed by atoms with Crippen molar-refractivity contribution in [1.29, 1.82) is 0 Å². The van der Waals surface area contributed by atoms with Gasteiger partial charge in [0, 0.05) is 12.5 Å². The van der Waals surface area contributed by atoms with Gasteiger partial charge < -0.3 is 18.6 Å². The standard InChI is InChI=1S/C20H15BrClFO5/c21-13-9-15(23)12(8-18(13)25-5-4-19-26-6-7-27-19)17-10-16(24)11-2-1-3-14(22)20(11)28-17/h1-3,8-10,19H,4-7H2. The van der Waals surface area contributed by atoms with Gasteiger partial charge in [-0.15, -0.1) is 0 Å². The van der Waals surface area contributed by atoms with Crippen molar-refractivity contribution in [2.24, 2.45) is 0 Å². The highest BCUT2D eigenvalue weighted by molar-refractivity contribution is 9.10. The van der Waals surface area contributed by atoms with E-state index in [1.165, 1.54) is 18.2 Å². The highest BCUT2D eigenvalue weighted by Gasteiger charge is 2.18. The smallest absolute Gasteiger partial charge is 0.193 e. The summed E-state index contributed by atoms with van der Waals surface area (Å²) >= 11 is 9.43. The predicted octanol–water partition coefficient (Wildman–Crippen LogP) is 5.16. The lowest BCUT2D eigenvalue weighted by atomic mass is 10.1. The highest BCUT2D eigenvalue weighted by atomic mass is 79.9. The molecule has 0 bridgehead atoms. The Hall–Kier alpha value is -1.93. The van der Waals surface area contributed by atoms with E-state index in [-0.39, 0.29) is 33.6 Å². The minimum Gasteiger partial charge on any atom is -0.492 e. The van der Waals surface area contributed by atoms with Crippen molar-refractivity contribution >= 4 is 38.5 Å². The van der Waals surface area contributed by atoms with Gasteiger partial charge in [0.25, 0.3) is 0 Å². The first-order valence-electron chi connectivity index (χ1n) is 8.61. The molecule has 0 N–H and O–H groups in total. The van der Waals surface area contributed by atoms with E-state index >= 15 is 0 Å². The number of rotatable bonds is 5. The molecule has 0 saturated carbocycles. The molecule has 1 aromatic heterocycles. The van der Waals surface area contributed by atoms with Crippen molar-refractivity contribution in [1.82, 2.24) is 0 Å². The molecule has 3 aromatic rings. The van der Waals surface area contributed by atoms with Gasteiger partial charge in [-0.2, -0.15) is 0 Å². The molecule has 28 heavy (non-hydrogen) atoms. The molecule has 146 valence electrons. The van der Waals surface area contributed by atoms with Crippen molar-refractivity contribution in [2.75, 3.05) is 19.8 Å². The zero-order chi connectivity index (χ0) is 19.7. The molecule has 0 radical (unpaired) electrons. The molecule has 0 atom stereocenters. The number of ether oxygens (including phenoxy) is 3. The summed E-state index contributed by atoms with van der Waals surface area (Å²) in [6, 6.07) is 8.87. The summed E-state index contributed by atoms with van der Waals surface area (Å²) in [5.41, 5.74) is 0.0107. The lowest BCUT2D eigenvalue weighted by Crippen LogP contribution is -2.12. The maximum absolute atomic E-state index is 14.6. The minimum atomic E-state index is -0.559. The summed E-state index contributed by atoms with van der Waals surface area (Å²) in [7, 11) is 0. The van der Waals surface area contributed by atoms with E-state index < -0.39 is 5.82 Å². The van der Waals surface area contributed by atoms with Crippen LogP contribution in [0, 0.1) is 5.82 Å². The number of fused-ring (bicyclic) bond motifs is 1. The van der Waals surface area contributed by atoms with Gasteiger partial charge in [0.1, 0.15) is 17.3 Å². The van der Waals surface area contributed by atoms with E-state index in [1.54, 1.807) is 18.2 Å². The van der Waals surface area contributed by atoms with Crippen molar-refractivity contribution in [2.45, 2.75) is 12.7 Å². The molecule has 5 nitrogen and oxygen atoms in total. The number of hydrogen-bond acceptors (Lipinski definition) is 5. The Labute approximate surface area is 173 Å². The monoisotopic (exact) mass is 468 g/mol. The number of hydrogen-bond donors (Lipinski definition) is 0. The lowest BCUT2D eigenvalue weighted by molar-refractivity contribution is -0.0531. The Morgan fingerprint density at radius 3 is 2.79 bits per heavy atom. The maximum Gasteiger partial charge on any atom is 0.193 e. The first-order valence-corrected chi connectivity index (χ1v) is 9.78. The molecule has 0 aliphatic carbocycles. The molecule has 0 spiro atoms. The fourth-order valence-corrected chi connectivity index (χ4v) is 3.59. The molecule has 2 aromatic carbocycles. The second-order valence-corrected chi connectivity index (χ2v) is 7.42. The van der Waals surface area contributed by atoms with Gasteiger partial charge in [0.2, 0.25) is 0 Å². The number of benzene rings is 2. The summed E-state index contributed by atoms with van der Waals surface area (Å²) in [4.78, 5) is 12.4. The molecule has 0 amide bonds. The zero-order valence-corrected chi connectivity index (χ0v) is 16.9. The Kier molecular flexibility index (Phi) is 5.68.